The van der Waals surface area contributed by atoms with Gasteiger partial charge in [-0.2, -0.15) is 5.10 Å². The molecular formula is C15H21ClN4O2S. The second-order valence-corrected chi connectivity index (χ2v) is 7.88. The number of hydrogen-bond donors (Lipinski definition) is 2. The van der Waals surface area contributed by atoms with E-state index in [1.807, 2.05) is 32.9 Å². The zero-order valence-corrected chi connectivity index (χ0v) is 15.2. The molecule has 0 aliphatic carbocycles. The second-order valence-electron chi connectivity index (χ2n) is 6.08. The molecule has 0 spiro atoms. The zero-order chi connectivity index (χ0) is 17.0. The lowest BCUT2D eigenvalue weighted by molar-refractivity contribution is 0.0634. The summed E-state index contributed by atoms with van der Waals surface area (Å²) in [6, 6.07) is 3.87. The molecule has 0 fully saturated rings. The average Bonchev–Trinajstić information content (AvgIpc) is 2.97. The highest BCUT2D eigenvalue weighted by molar-refractivity contribution is 7.16. The number of hydrogen-bond acceptors (Lipinski definition) is 5. The summed E-state index contributed by atoms with van der Waals surface area (Å²) in [5, 5.41) is 10.2. The summed E-state index contributed by atoms with van der Waals surface area (Å²) in [6.45, 7) is 6.76. The average molecular weight is 357 g/mol. The number of halogens is 1. The fourth-order valence-corrected chi connectivity index (χ4v) is 3.00. The molecule has 23 heavy (non-hydrogen) atoms. The number of carbonyl (C=O) groups excluding carboxylic acids is 1. The fourth-order valence-electron chi connectivity index (χ4n) is 1.94. The summed E-state index contributed by atoms with van der Waals surface area (Å²) >= 11 is 7.45. The van der Waals surface area contributed by atoms with Crippen LogP contribution in [0.5, 0.6) is 0 Å². The van der Waals surface area contributed by atoms with Gasteiger partial charge in [0, 0.05) is 30.6 Å². The number of anilines is 1. The Morgan fingerprint density at radius 3 is 2.74 bits per heavy atom. The van der Waals surface area contributed by atoms with Crippen molar-refractivity contribution >= 4 is 34.8 Å². The number of aryl methyl sites for hydroxylation is 1. The Morgan fingerprint density at radius 1 is 1.39 bits per heavy atom. The SMILES string of the molecule is Cn1ncc(CNCc2ccc(Cl)s2)c1NC(=O)OC(C)(C)C. The molecule has 8 heteroatoms. The molecule has 2 aromatic rings. The molecule has 2 aromatic heterocycles. The minimum absolute atomic E-state index is 0.493. The number of nitrogens with zero attached hydrogens (tertiary/aromatic N) is 2. The first-order chi connectivity index (χ1) is 10.7. The van der Waals surface area contributed by atoms with Gasteiger partial charge in [0.25, 0.3) is 0 Å². The standard InChI is InChI=1S/C15H21ClN4O2S/c1-15(2,3)22-14(21)19-13-10(8-18-20(13)4)7-17-9-11-5-6-12(16)23-11/h5-6,8,17H,7,9H2,1-4H3,(H,19,21). The lowest BCUT2D eigenvalue weighted by Gasteiger charge is -2.20. The van der Waals surface area contributed by atoms with Crippen molar-refractivity contribution in [2.24, 2.45) is 7.05 Å². The van der Waals surface area contributed by atoms with Crippen LogP contribution in [0.15, 0.2) is 18.3 Å². The van der Waals surface area contributed by atoms with Crippen LogP contribution in [-0.4, -0.2) is 21.5 Å². The number of thiophene rings is 1. The molecule has 2 rings (SSSR count). The molecular weight excluding hydrogens is 336 g/mol. The highest BCUT2D eigenvalue weighted by Gasteiger charge is 2.18. The Kier molecular flexibility index (Phi) is 5.67. The zero-order valence-electron chi connectivity index (χ0n) is 13.6. The van der Waals surface area contributed by atoms with Crippen LogP contribution in [0.1, 0.15) is 31.2 Å². The molecule has 1 amide bonds. The molecule has 0 aliphatic rings. The topological polar surface area (TPSA) is 68.2 Å². The predicted molar refractivity (Wildman–Crippen MR) is 92.9 cm³/mol. The van der Waals surface area contributed by atoms with E-state index in [9.17, 15) is 4.79 Å². The predicted octanol–water partition coefficient (Wildman–Crippen LogP) is 3.77. The van der Waals surface area contributed by atoms with Crippen molar-refractivity contribution in [3.05, 3.63) is 33.1 Å². The molecule has 6 nitrogen and oxygen atoms in total. The normalized spacial score (nSPS) is 11.5. The fraction of sp³-hybridized carbons (Fsp3) is 0.467. The van der Waals surface area contributed by atoms with Crippen LogP contribution < -0.4 is 10.6 Å². The maximum Gasteiger partial charge on any atom is 0.413 e. The molecule has 126 valence electrons. The molecule has 2 N–H and O–H groups in total. The Bertz CT molecular complexity index is 675. The molecule has 0 aliphatic heterocycles. The van der Waals surface area contributed by atoms with Crippen molar-refractivity contribution in [2.75, 3.05) is 5.32 Å². The van der Waals surface area contributed by atoms with E-state index in [4.69, 9.17) is 16.3 Å². The summed E-state index contributed by atoms with van der Waals surface area (Å²) in [6.07, 6.45) is 1.23. The van der Waals surface area contributed by atoms with Gasteiger partial charge in [-0.3, -0.25) is 10.00 Å². The van der Waals surface area contributed by atoms with Gasteiger partial charge < -0.3 is 10.1 Å². The van der Waals surface area contributed by atoms with Crippen LogP contribution in [0, 0.1) is 0 Å². The number of ether oxygens (including phenoxy) is 1. The van der Waals surface area contributed by atoms with Crippen molar-refractivity contribution < 1.29 is 9.53 Å². The summed E-state index contributed by atoms with van der Waals surface area (Å²) in [4.78, 5) is 13.1. The van der Waals surface area contributed by atoms with Crippen molar-refractivity contribution in [3.8, 4) is 0 Å². The minimum atomic E-state index is -0.542. The molecule has 0 aromatic carbocycles. The summed E-state index contributed by atoms with van der Waals surface area (Å²) in [5.74, 6) is 0.621. The summed E-state index contributed by atoms with van der Waals surface area (Å²) < 4.78 is 7.66. The number of carbonyl (C=O) groups is 1. The van der Waals surface area contributed by atoms with Crippen LogP contribution >= 0.6 is 22.9 Å². The van der Waals surface area contributed by atoms with E-state index in [1.165, 1.54) is 0 Å². The first-order valence-electron chi connectivity index (χ1n) is 7.20. The third kappa shape index (κ3) is 5.53. The third-order valence-electron chi connectivity index (χ3n) is 2.88. The van der Waals surface area contributed by atoms with E-state index in [0.29, 0.717) is 18.9 Å². The van der Waals surface area contributed by atoms with Gasteiger partial charge in [0.1, 0.15) is 11.4 Å². The number of aromatic nitrogens is 2. The third-order valence-corrected chi connectivity index (χ3v) is 4.11. The molecule has 2 heterocycles. The highest BCUT2D eigenvalue weighted by atomic mass is 35.5. The van der Waals surface area contributed by atoms with E-state index in [0.717, 1.165) is 14.8 Å². The van der Waals surface area contributed by atoms with Crippen molar-refractivity contribution in [2.45, 2.75) is 39.5 Å². The van der Waals surface area contributed by atoms with Gasteiger partial charge in [0.05, 0.1) is 10.5 Å². The van der Waals surface area contributed by atoms with Crippen LogP contribution in [0.4, 0.5) is 10.6 Å². The second kappa shape index (κ2) is 7.33. The highest BCUT2D eigenvalue weighted by Crippen LogP contribution is 2.21. The largest absolute Gasteiger partial charge is 0.444 e. The van der Waals surface area contributed by atoms with Gasteiger partial charge in [0.2, 0.25) is 0 Å². The van der Waals surface area contributed by atoms with Crippen molar-refractivity contribution in [3.63, 3.8) is 0 Å². The number of amides is 1. The van der Waals surface area contributed by atoms with Gasteiger partial charge >= 0.3 is 6.09 Å². The Hall–Kier alpha value is -1.57. The maximum atomic E-state index is 11.9. The summed E-state index contributed by atoms with van der Waals surface area (Å²) in [7, 11) is 1.77. The number of nitrogens with one attached hydrogen (secondary N) is 2. The van der Waals surface area contributed by atoms with Gasteiger partial charge in [0.15, 0.2) is 0 Å². The first-order valence-corrected chi connectivity index (χ1v) is 8.40. The van der Waals surface area contributed by atoms with Crippen LogP contribution in [-0.2, 0) is 24.9 Å². The van der Waals surface area contributed by atoms with Crippen LogP contribution in [0.25, 0.3) is 0 Å². The lowest BCUT2D eigenvalue weighted by Crippen LogP contribution is -2.28. The van der Waals surface area contributed by atoms with Gasteiger partial charge in [-0.05, 0) is 32.9 Å². The minimum Gasteiger partial charge on any atom is -0.444 e. The molecule has 0 saturated heterocycles. The van der Waals surface area contributed by atoms with Gasteiger partial charge in [-0.1, -0.05) is 11.6 Å². The van der Waals surface area contributed by atoms with Gasteiger partial charge in [-0.25, -0.2) is 4.79 Å². The lowest BCUT2D eigenvalue weighted by atomic mass is 10.2. The monoisotopic (exact) mass is 356 g/mol. The Morgan fingerprint density at radius 2 is 2.13 bits per heavy atom. The van der Waals surface area contributed by atoms with Crippen molar-refractivity contribution in [1.82, 2.24) is 15.1 Å². The molecule has 0 unspecified atom stereocenters. The quantitative estimate of drug-likeness (QED) is 0.855. The van der Waals surface area contributed by atoms with Gasteiger partial charge in [-0.15, -0.1) is 11.3 Å². The smallest absolute Gasteiger partial charge is 0.413 e. The van der Waals surface area contributed by atoms with E-state index in [-0.39, 0.29) is 0 Å². The number of rotatable bonds is 5. The first kappa shape index (κ1) is 17.8. The van der Waals surface area contributed by atoms with Crippen LogP contribution in [0.3, 0.4) is 0 Å². The van der Waals surface area contributed by atoms with E-state index >= 15 is 0 Å². The molecule has 0 atom stereocenters. The Balaban J connectivity index is 1.94. The van der Waals surface area contributed by atoms with E-state index in [2.05, 4.69) is 15.7 Å². The molecule has 0 radical (unpaired) electrons. The molecule has 0 bridgehead atoms. The molecule has 0 saturated carbocycles. The van der Waals surface area contributed by atoms with Crippen molar-refractivity contribution in [1.29, 1.82) is 0 Å². The van der Waals surface area contributed by atoms with Crippen LogP contribution in [0.2, 0.25) is 4.34 Å². The van der Waals surface area contributed by atoms with E-state index < -0.39 is 11.7 Å². The van der Waals surface area contributed by atoms with E-state index in [1.54, 1.807) is 29.3 Å². The Labute approximate surface area is 144 Å². The summed E-state index contributed by atoms with van der Waals surface area (Å²) in [5.41, 5.74) is 0.348. The maximum absolute atomic E-state index is 11.9.